The standard InChI is InChI=1S/C26H27FN4O/c1-32-24-12-21(20-7-9-22(27)10-8-20)11-23-25(24)29-17-30-26(23)28-13-19-15-31(16-19)14-18-5-3-2-4-6-18/h3,5-12,17,19H,2,4,13-16H2,1H3,(H,28,29,30). The number of fused-ring (bicyclic) bond motifs is 1. The Kier molecular flexibility index (Phi) is 5.86. The van der Waals surface area contributed by atoms with Crippen molar-refractivity contribution in [2.45, 2.75) is 12.8 Å². The van der Waals surface area contributed by atoms with Crippen molar-refractivity contribution in [2.75, 3.05) is 38.6 Å². The van der Waals surface area contributed by atoms with Crippen molar-refractivity contribution in [3.05, 3.63) is 72.3 Å². The van der Waals surface area contributed by atoms with Gasteiger partial charge in [0.05, 0.1) is 7.11 Å². The first-order valence-corrected chi connectivity index (χ1v) is 11.1. The van der Waals surface area contributed by atoms with Crippen LogP contribution in [-0.4, -0.2) is 48.2 Å². The van der Waals surface area contributed by atoms with E-state index in [1.807, 2.05) is 12.1 Å². The summed E-state index contributed by atoms with van der Waals surface area (Å²) in [6, 6.07) is 10.5. The van der Waals surface area contributed by atoms with E-state index in [0.29, 0.717) is 11.7 Å². The van der Waals surface area contributed by atoms with Crippen LogP contribution in [0.3, 0.4) is 0 Å². The van der Waals surface area contributed by atoms with Gasteiger partial charge in [0.15, 0.2) is 0 Å². The lowest BCUT2D eigenvalue weighted by molar-refractivity contribution is 0.122. The SMILES string of the molecule is COc1cc(-c2ccc(F)cc2)cc2c(NCC3CN(CC4=CCCC=C4)C3)ncnc12. The Labute approximate surface area is 187 Å². The summed E-state index contributed by atoms with van der Waals surface area (Å²) in [5.74, 6) is 1.82. The van der Waals surface area contributed by atoms with Gasteiger partial charge in [0.2, 0.25) is 0 Å². The maximum Gasteiger partial charge on any atom is 0.145 e. The Morgan fingerprint density at radius 1 is 1.09 bits per heavy atom. The highest BCUT2D eigenvalue weighted by Crippen LogP contribution is 2.34. The number of aromatic nitrogens is 2. The van der Waals surface area contributed by atoms with Gasteiger partial charge in [-0.3, -0.25) is 4.90 Å². The predicted molar refractivity (Wildman–Crippen MR) is 126 cm³/mol. The van der Waals surface area contributed by atoms with E-state index in [-0.39, 0.29) is 5.82 Å². The van der Waals surface area contributed by atoms with Crippen molar-refractivity contribution in [3.8, 4) is 16.9 Å². The Morgan fingerprint density at radius 2 is 1.94 bits per heavy atom. The summed E-state index contributed by atoms with van der Waals surface area (Å²) in [5.41, 5.74) is 4.06. The molecule has 5 rings (SSSR count). The molecule has 0 amide bonds. The minimum atomic E-state index is -0.252. The van der Waals surface area contributed by atoms with Gasteiger partial charge in [-0.1, -0.05) is 30.4 Å². The van der Waals surface area contributed by atoms with Crippen molar-refractivity contribution in [3.63, 3.8) is 0 Å². The molecule has 1 N–H and O–H groups in total. The Bertz CT molecular complexity index is 1170. The van der Waals surface area contributed by atoms with Crippen LogP contribution in [0.4, 0.5) is 10.2 Å². The number of ether oxygens (including phenoxy) is 1. The van der Waals surface area contributed by atoms with Crippen LogP contribution < -0.4 is 10.1 Å². The van der Waals surface area contributed by atoms with Crippen LogP contribution in [0.2, 0.25) is 0 Å². The van der Waals surface area contributed by atoms with E-state index in [9.17, 15) is 4.39 Å². The number of nitrogens with zero attached hydrogens (tertiary/aromatic N) is 3. The van der Waals surface area contributed by atoms with Crippen LogP contribution in [0, 0.1) is 11.7 Å². The van der Waals surface area contributed by atoms with Gasteiger partial charge in [-0.2, -0.15) is 0 Å². The minimum absolute atomic E-state index is 0.252. The van der Waals surface area contributed by atoms with Crippen LogP contribution in [0.5, 0.6) is 5.75 Å². The van der Waals surface area contributed by atoms with Crippen molar-refractivity contribution < 1.29 is 9.13 Å². The van der Waals surface area contributed by atoms with Crippen LogP contribution >= 0.6 is 0 Å². The van der Waals surface area contributed by atoms with E-state index < -0.39 is 0 Å². The van der Waals surface area contributed by atoms with Gasteiger partial charge in [0, 0.05) is 37.5 Å². The average molecular weight is 431 g/mol. The quantitative estimate of drug-likeness (QED) is 0.568. The number of allylic oxidation sites excluding steroid dienone is 2. The molecule has 0 spiro atoms. The number of hydrogen-bond donors (Lipinski definition) is 1. The zero-order valence-corrected chi connectivity index (χ0v) is 18.2. The number of hydrogen-bond acceptors (Lipinski definition) is 5. The molecule has 164 valence electrons. The summed E-state index contributed by atoms with van der Waals surface area (Å²) in [6.45, 7) is 4.08. The lowest BCUT2D eigenvalue weighted by atomic mass is 9.97. The molecule has 32 heavy (non-hydrogen) atoms. The summed E-state index contributed by atoms with van der Waals surface area (Å²) < 4.78 is 19.0. The summed E-state index contributed by atoms with van der Waals surface area (Å²) in [6.07, 6.45) is 10.8. The fraction of sp³-hybridized carbons (Fsp3) is 0.308. The molecule has 5 nitrogen and oxygen atoms in total. The van der Waals surface area contributed by atoms with Crippen molar-refractivity contribution in [1.29, 1.82) is 0 Å². The summed E-state index contributed by atoms with van der Waals surface area (Å²) >= 11 is 0. The summed E-state index contributed by atoms with van der Waals surface area (Å²) in [4.78, 5) is 11.4. The highest BCUT2D eigenvalue weighted by molar-refractivity contribution is 5.96. The topological polar surface area (TPSA) is 50.3 Å². The molecule has 2 heterocycles. The molecule has 1 aromatic heterocycles. The largest absolute Gasteiger partial charge is 0.494 e. The van der Waals surface area contributed by atoms with Gasteiger partial charge in [0.1, 0.15) is 29.2 Å². The minimum Gasteiger partial charge on any atom is -0.494 e. The lowest BCUT2D eigenvalue weighted by Gasteiger charge is -2.40. The smallest absolute Gasteiger partial charge is 0.145 e. The zero-order valence-electron chi connectivity index (χ0n) is 18.2. The molecular formula is C26H27FN4O. The molecule has 0 saturated carbocycles. The second kappa shape index (κ2) is 9.09. The summed E-state index contributed by atoms with van der Waals surface area (Å²) in [5, 5.41) is 4.43. The molecule has 0 radical (unpaired) electrons. The highest BCUT2D eigenvalue weighted by atomic mass is 19.1. The molecule has 1 fully saturated rings. The molecule has 0 unspecified atom stereocenters. The van der Waals surface area contributed by atoms with Crippen LogP contribution in [-0.2, 0) is 0 Å². The van der Waals surface area contributed by atoms with E-state index in [4.69, 9.17) is 4.74 Å². The molecule has 2 aromatic carbocycles. The third-order valence-electron chi connectivity index (χ3n) is 6.17. The van der Waals surface area contributed by atoms with Gasteiger partial charge in [-0.25, -0.2) is 14.4 Å². The average Bonchev–Trinajstić information content (AvgIpc) is 2.81. The molecule has 6 heteroatoms. The second-order valence-electron chi connectivity index (χ2n) is 8.50. The molecule has 1 aliphatic carbocycles. The lowest BCUT2D eigenvalue weighted by Crippen LogP contribution is -2.50. The number of rotatable bonds is 7. The Balaban J connectivity index is 1.31. The maximum absolute atomic E-state index is 13.4. The number of halogens is 1. The first-order chi connectivity index (χ1) is 15.7. The Hall–Kier alpha value is -3.25. The third-order valence-corrected chi connectivity index (χ3v) is 6.17. The van der Waals surface area contributed by atoms with Crippen molar-refractivity contribution in [2.24, 2.45) is 5.92 Å². The number of nitrogens with one attached hydrogen (secondary N) is 1. The summed E-state index contributed by atoms with van der Waals surface area (Å²) in [7, 11) is 1.64. The van der Waals surface area contributed by atoms with Crippen molar-refractivity contribution in [1.82, 2.24) is 14.9 Å². The van der Waals surface area contributed by atoms with Crippen molar-refractivity contribution >= 4 is 16.7 Å². The maximum atomic E-state index is 13.4. The molecule has 1 saturated heterocycles. The number of likely N-dealkylation sites (tertiary alicyclic amines) is 1. The van der Waals surface area contributed by atoms with E-state index in [1.54, 1.807) is 25.6 Å². The third kappa shape index (κ3) is 4.36. The van der Waals surface area contributed by atoms with E-state index >= 15 is 0 Å². The molecule has 3 aromatic rings. The molecular weight excluding hydrogens is 403 g/mol. The van der Waals surface area contributed by atoms with E-state index in [0.717, 1.165) is 66.9 Å². The zero-order chi connectivity index (χ0) is 21.9. The van der Waals surface area contributed by atoms with Crippen LogP contribution in [0.25, 0.3) is 22.0 Å². The monoisotopic (exact) mass is 430 g/mol. The predicted octanol–water partition coefficient (Wildman–Crippen LogP) is 5.06. The Morgan fingerprint density at radius 3 is 2.69 bits per heavy atom. The van der Waals surface area contributed by atoms with Gasteiger partial charge in [-0.05, 0) is 53.8 Å². The first-order valence-electron chi connectivity index (χ1n) is 11.1. The fourth-order valence-corrected chi connectivity index (χ4v) is 4.46. The molecule has 1 aliphatic heterocycles. The molecule has 0 atom stereocenters. The normalized spacial score (nSPS) is 16.6. The van der Waals surface area contributed by atoms with Gasteiger partial charge in [-0.15, -0.1) is 0 Å². The van der Waals surface area contributed by atoms with Gasteiger partial charge in [0.25, 0.3) is 0 Å². The van der Waals surface area contributed by atoms with E-state index in [1.165, 1.54) is 17.7 Å². The fourth-order valence-electron chi connectivity index (χ4n) is 4.46. The molecule has 0 bridgehead atoms. The number of benzene rings is 2. The number of methoxy groups -OCH3 is 1. The van der Waals surface area contributed by atoms with Gasteiger partial charge < -0.3 is 10.1 Å². The second-order valence-corrected chi connectivity index (χ2v) is 8.50. The number of anilines is 1. The van der Waals surface area contributed by atoms with Crippen LogP contribution in [0.1, 0.15) is 12.8 Å². The van der Waals surface area contributed by atoms with Gasteiger partial charge >= 0.3 is 0 Å². The van der Waals surface area contributed by atoms with Crippen LogP contribution in [0.15, 0.2) is 66.5 Å². The van der Waals surface area contributed by atoms with E-state index in [2.05, 4.69) is 38.4 Å². The highest BCUT2D eigenvalue weighted by Gasteiger charge is 2.27. The first kappa shape index (κ1) is 20.6. The molecule has 2 aliphatic rings.